The second-order valence-corrected chi connectivity index (χ2v) is 5.04. The lowest BCUT2D eigenvalue weighted by Gasteiger charge is -2.29. The number of morpholine rings is 1. The summed E-state index contributed by atoms with van der Waals surface area (Å²) in [5.74, 6) is -1.35. The van der Waals surface area contributed by atoms with E-state index < -0.39 is 23.8 Å². The molecule has 2 heterocycles. The smallest absolute Gasteiger partial charge is 0.428 e. The summed E-state index contributed by atoms with van der Waals surface area (Å²) in [4.78, 5) is 12.7. The summed E-state index contributed by atoms with van der Waals surface area (Å²) in [6.07, 6.45) is -1.37. The molecule has 1 saturated heterocycles. The van der Waals surface area contributed by atoms with Crippen molar-refractivity contribution < 1.29 is 23.0 Å². The lowest BCUT2D eigenvalue weighted by Crippen LogP contribution is -2.38. The maximum Gasteiger partial charge on any atom is 0.428 e. The lowest BCUT2D eigenvalue weighted by atomic mass is 10.0. The van der Waals surface area contributed by atoms with Gasteiger partial charge in [0.1, 0.15) is 29.1 Å². The molecule has 1 aromatic rings. The van der Waals surface area contributed by atoms with Crippen LogP contribution in [0.15, 0.2) is 17.2 Å². The van der Waals surface area contributed by atoms with Crippen LogP contribution >= 0.6 is 0 Å². The fourth-order valence-electron chi connectivity index (χ4n) is 2.54. The third-order valence-electron chi connectivity index (χ3n) is 3.58. The van der Waals surface area contributed by atoms with Gasteiger partial charge < -0.3 is 14.4 Å². The maximum atomic E-state index is 14.3. The Labute approximate surface area is 125 Å². The fourth-order valence-corrected chi connectivity index (χ4v) is 2.54. The van der Waals surface area contributed by atoms with Crippen LogP contribution in [0.3, 0.4) is 0 Å². The lowest BCUT2D eigenvalue weighted by molar-refractivity contribution is 0.122. The number of hydrogen-bond acceptors (Lipinski definition) is 5. The van der Waals surface area contributed by atoms with E-state index >= 15 is 0 Å². The molecule has 1 aromatic carbocycles. The SMILES string of the molecule is CC1OC(=O)NN=C1c1cc(F)c(N2CCOCC2)c(F)c1. The Bertz CT molecular complexity index is 607. The Morgan fingerprint density at radius 3 is 2.50 bits per heavy atom. The number of nitrogens with zero attached hydrogens (tertiary/aromatic N) is 2. The predicted octanol–water partition coefficient (Wildman–Crippen LogP) is 1.63. The summed E-state index contributed by atoms with van der Waals surface area (Å²) in [6.45, 7) is 3.32. The molecule has 0 saturated carbocycles. The van der Waals surface area contributed by atoms with Gasteiger partial charge in [-0.05, 0) is 19.1 Å². The van der Waals surface area contributed by atoms with Gasteiger partial charge in [-0.25, -0.2) is 19.0 Å². The summed E-state index contributed by atoms with van der Waals surface area (Å²) >= 11 is 0. The zero-order valence-corrected chi connectivity index (χ0v) is 11.9. The van der Waals surface area contributed by atoms with Crippen molar-refractivity contribution in [2.24, 2.45) is 5.10 Å². The monoisotopic (exact) mass is 311 g/mol. The number of carbonyl (C=O) groups is 1. The van der Waals surface area contributed by atoms with E-state index in [0.29, 0.717) is 26.3 Å². The van der Waals surface area contributed by atoms with Crippen molar-refractivity contribution in [3.8, 4) is 0 Å². The average molecular weight is 311 g/mol. The highest BCUT2D eigenvalue weighted by molar-refractivity contribution is 6.06. The molecule has 0 spiro atoms. The molecule has 1 amide bonds. The van der Waals surface area contributed by atoms with Gasteiger partial charge in [0.15, 0.2) is 0 Å². The second-order valence-electron chi connectivity index (χ2n) is 5.04. The van der Waals surface area contributed by atoms with Crippen molar-refractivity contribution in [3.05, 3.63) is 29.3 Å². The molecule has 0 bridgehead atoms. The molecule has 1 fully saturated rings. The van der Waals surface area contributed by atoms with Crippen molar-refractivity contribution in [1.82, 2.24) is 5.43 Å². The molecular weight excluding hydrogens is 296 g/mol. The predicted molar refractivity (Wildman–Crippen MR) is 75.0 cm³/mol. The molecule has 1 N–H and O–H groups in total. The molecule has 0 aromatic heterocycles. The molecule has 1 unspecified atom stereocenters. The number of ether oxygens (including phenoxy) is 2. The second kappa shape index (κ2) is 5.88. The number of nitrogens with one attached hydrogen (secondary N) is 1. The van der Waals surface area contributed by atoms with Gasteiger partial charge in [-0.3, -0.25) is 0 Å². The summed E-state index contributed by atoms with van der Waals surface area (Å²) in [6, 6.07) is 2.40. The minimum Gasteiger partial charge on any atom is -0.439 e. The van der Waals surface area contributed by atoms with E-state index in [4.69, 9.17) is 9.47 Å². The van der Waals surface area contributed by atoms with Crippen LogP contribution in [0.4, 0.5) is 19.3 Å². The summed E-state index contributed by atoms with van der Waals surface area (Å²) in [5, 5.41) is 3.81. The van der Waals surface area contributed by atoms with Gasteiger partial charge in [0.25, 0.3) is 0 Å². The average Bonchev–Trinajstić information content (AvgIpc) is 2.47. The molecule has 6 nitrogen and oxygen atoms in total. The molecule has 0 aliphatic carbocycles. The van der Waals surface area contributed by atoms with Crippen molar-refractivity contribution in [3.63, 3.8) is 0 Å². The van der Waals surface area contributed by atoms with E-state index in [1.54, 1.807) is 11.8 Å². The van der Waals surface area contributed by atoms with Gasteiger partial charge in [-0.2, -0.15) is 5.10 Å². The van der Waals surface area contributed by atoms with Crippen LogP contribution in [0.5, 0.6) is 0 Å². The first-order chi connectivity index (χ1) is 10.6. The molecule has 2 aliphatic heterocycles. The standard InChI is InChI=1S/C14H15F2N3O3/c1-8-12(17-18-14(20)22-8)9-6-10(15)13(11(16)7-9)19-2-4-21-5-3-19/h6-8H,2-5H2,1H3,(H,18,20). The van der Waals surface area contributed by atoms with Crippen LogP contribution in [-0.4, -0.2) is 44.2 Å². The van der Waals surface area contributed by atoms with Gasteiger partial charge in [0.05, 0.1) is 13.2 Å². The van der Waals surface area contributed by atoms with Crippen molar-refractivity contribution in [1.29, 1.82) is 0 Å². The molecule has 3 rings (SSSR count). The Morgan fingerprint density at radius 1 is 1.27 bits per heavy atom. The summed E-state index contributed by atoms with van der Waals surface area (Å²) in [7, 11) is 0. The highest BCUT2D eigenvalue weighted by Gasteiger charge is 2.26. The van der Waals surface area contributed by atoms with Crippen LogP contribution in [0.1, 0.15) is 12.5 Å². The van der Waals surface area contributed by atoms with E-state index in [2.05, 4.69) is 10.5 Å². The van der Waals surface area contributed by atoms with E-state index in [9.17, 15) is 13.6 Å². The highest BCUT2D eigenvalue weighted by Crippen LogP contribution is 2.27. The van der Waals surface area contributed by atoms with Gasteiger partial charge in [0.2, 0.25) is 0 Å². The van der Waals surface area contributed by atoms with Crippen LogP contribution < -0.4 is 10.3 Å². The van der Waals surface area contributed by atoms with E-state index in [1.807, 2.05) is 0 Å². The molecule has 22 heavy (non-hydrogen) atoms. The topological polar surface area (TPSA) is 63.2 Å². The van der Waals surface area contributed by atoms with Crippen molar-refractivity contribution in [2.75, 3.05) is 31.2 Å². The van der Waals surface area contributed by atoms with Crippen molar-refractivity contribution in [2.45, 2.75) is 13.0 Å². The Kier molecular flexibility index (Phi) is 3.93. The minimum absolute atomic E-state index is 0.0685. The van der Waals surface area contributed by atoms with Gasteiger partial charge in [-0.1, -0.05) is 0 Å². The van der Waals surface area contributed by atoms with Crippen molar-refractivity contribution >= 4 is 17.5 Å². The van der Waals surface area contributed by atoms with E-state index in [0.717, 1.165) is 0 Å². The number of anilines is 1. The summed E-state index contributed by atoms with van der Waals surface area (Å²) in [5.41, 5.74) is 2.57. The number of hydrogen-bond donors (Lipinski definition) is 1. The Morgan fingerprint density at radius 2 is 1.91 bits per heavy atom. The van der Waals surface area contributed by atoms with Crippen LogP contribution in [0.2, 0.25) is 0 Å². The van der Waals surface area contributed by atoms with Gasteiger partial charge in [0, 0.05) is 18.7 Å². The third kappa shape index (κ3) is 2.74. The number of hydrazone groups is 1. The molecule has 1 atom stereocenters. The molecule has 8 heteroatoms. The molecular formula is C14H15F2N3O3. The number of benzene rings is 1. The number of cyclic esters (lactones) is 1. The Hall–Kier alpha value is -2.22. The van der Waals surface area contributed by atoms with E-state index in [-0.39, 0.29) is 17.0 Å². The first kappa shape index (κ1) is 14.7. The quantitative estimate of drug-likeness (QED) is 0.902. The molecule has 2 aliphatic rings. The van der Waals surface area contributed by atoms with E-state index in [1.165, 1.54) is 12.1 Å². The van der Waals surface area contributed by atoms with Crippen LogP contribution in [-0.2, 0) is 9.47 Å². The normalized spacial score (nSPS) is 22.0. The maximum absolute atomic E-state index is 14.3. The number of amides is 1. The summed E-state index contributed by atoms with van der Waals surface area (Å²) < 4.78 is 38.8. The molecule has 118 valence electrons. The fraction of sp³-hybridized carbons (Fsp3) is 0.429. The Balaban J connectivity index is 1.94. The van der Waals surface area contributed by atoms with Gasteiger partial charge in [-0.15, -0.1) is 0 Å². The number of rotatable bonds is 2. The third-order valence-corrected chi connectivity index (χ3v) is 3.58. The minimum atomic E-state index is -0.692. The zero-order valence-electron chi connectivity index (χ0n) is 11.9. The largest absolute Gasteiger partial charge is 0.439 e. The first-order valence-electron chi connectivity index (χ1n) is 6.92. The van der Waals surface area contributed by atoms with Crippen LogP contribution in [0.25, 0.3) is 0 Å². The zero-order chi connectivity index (χ0) is 15.7. The number of halogens is 2. The highest BCUT2D eigenvalue weighted by atomic mass is 19.1. The number of carbonyl (C=O) groups excluding carboxylic acids is 1. The van der Waals surface area contributed by atoms with Crippen LogP contribution in [0, 0.1) is 11.6 Å². The first-order valence-corrected chi connectivity index (χ1v) is 6.92. The van der Waals surface area contributed by atoms with Gasteiger partial charge >= 0.3 is 6.09 Å². The molecule has 0 radical (unpaired) electrons.